The third-order valence-corrected chi connectivity index (χ3v) is 3.44. The van der Waals surface area contributed by atoms with Crippen molar-refractivity contribution in [3.63, 3.8) is 0 Å². The summed E-state index contributed by atoms with van der Waals surface area (Å²) in [6.07, 6.45) is -3.66. The number of amides is 1. The van der Waals surface area contributed by atoms with Crippen molar-refractivity contribution in [2.24, 2.45) is 10.4 Å². The van der Waals surface area contributed by atoms with E-state index in [1.165, 1.54) is 25.3 Å². The fourth-order valence-corrected chi connectivity index (χ4v) is 1.67. The molecular formula is C16H18F3N2O4-. The smallest absolute Gasteiger partial charge is 0.394 e. The molecule has 0 saturated carbocycles. The number of anilines is 1. The van der Waals surface area contributed by atoms with Crippen LogP contribution in [0.4, 0.5) is 18.9 Å². The van der Waals surface area contributed by atoms with Crippen molar-refractivity contribution in [3.8, 4) is 5.75 Å². The number of hydrogen-bond acceptors (Lipinski definition) is 5. The van der Waals surface area contributed by atoms with Gasteiger partial charge in [-0.1, -0.05) is 19.9 Å². The zero-order valence-corrected chi connectivity index (χ0v) is 13.9. The predicted octanol–water partition coefficient (Wildman–Crippen LogP) is 2.05. The van der Waals surface area contributed by atoms with Crippen LogP contribution in [0.2, 0.25) is 0 Å². The Morgan fingerprint density at radius 2 is 1.96 bits per heavy atom. The van der Waals surface area contributed by atoms with Crippen LogP contribution in [0.3, 0.4) is 0 Å². The first-order chi connectivity index (χ1) is 11.5. The maximum Gasteiger partial charge on any atom is 0.394 e. The van der Waals surface area contributed by atoms with E-state index in [1.54, 1.807) is 0 Å². The topological polar surface area (TPSA) is 90.8 Å². The number of aromatic carboxylic acids is 1. The van der Waals surface area contributed by atoms with Crippen LogP contribution >= 0.6 is 0 Å². The van der Waals surface area contributed by atoms with E-state index in [9.17, 15) is 27.9 Å². The second kappa shape index (κ2) is 8.00. The Kier molecular flexibility index (Phi) is 6.55. The molecule has 0 spiro atoms. The number of carbonyl (C=O) groups is 2. The largest absolute Gasteiger partial charge is 0.545 e. The Labute approximate surface area is 142 Å². The van der Waals surface area contributed by atoms with Gasteiger partial charge in [0.1, 0.15) is 12.3 Å². The molecule has 0 aliphatic carbocycles. The van der Waals surface area contributed by atoms with Crippen molar-refractivity contribution in [2.75, 3.05) is 19.0 Å². The lowest BCUT2D eigenvalue weighted by Crippen LogP contribution is -2.32. The molecule has 6 nitrogen and oxygen atoms in total. The molecule has 1 aromatic rings. The summed E-state index contributed by atoms with van der Waals surface area (Å²) in [4.78, 5) is 26.3. The van der Waals surface area contributed by atoms with E-state index in [4.69, 9.17) is 4.74 Å². The standard InChI is InChI=1S/C16H19F3N2O4/c1-15(2,16(17,18)19)6-7-20-9-13(22)21-11-5-4-10(14(23)24)8-12(11)25-3/h4-5,7-8H,6,9H2,1-3H3,(H,21,22)(H,23,24)/p-1. The van der Waals surface area contributed by atoms with Crippen molar-refractivity contribution >= 4 is 23.8 Å². The average molecular weight is 359 g/mol. The Morgan fingerprint density at radius 1 is 1.32 bits per heavy atom. The molecule has 0 radical (unpaired) electrons. The number of rotatable bonds is 7. The van der Waals surface area contributed by atoms with Gasteiger partial charge in [0, 0.05) is 11.8 Å². The van der Waals surface area contributed by atoms with E-state index in [2.05, 4.69) is 10.3 Å². The van der Waals surface area contributed by atoms with E-state index < -0.39 is 23.5 Å². The van der Waals surface area contributed by atoms with Gasteiger partial charge < -0.3 is 20.0 Å². The van der Waals surface area contributed by atoms with Crippen LogP contribution in [-0.2, 0) is 4.79 Å². The summed E-state index contributed by atoms with van der Waals surface area (Å²) in [5.74, 6) is -1.87. The van der Waals surface area contributed by atoms with Gasteiger partial charge >= 0.3 is 6.18 Å². The monoisotopic (exact) mass is 359 g/mol. The molecule has 0 fully saturated rings. The number of carboxylic acids is 1. The molecule has 1 aromatic carbocycles. The number of carboxylic acid groups (broad SMARTS) is 1. The molecule has 138 valence electrons. The molecule has 1 N–H and O–H groups in total. The van der Waals surface area contributed by atoms with Crippen LogP contribution in [0.5, 0.6) is 5.75 Å². The van der Waals surface area contributed by atoms with E-state index >= 15 is 0 Å². The molecule has 1 amide bonds. The van der Waals surface area contributed by atoms with E-state index in [-0.39, 0.29) is 30.0 Å². The summed E-state index contributed by atoms with van der Waals surface area (Å²) >= 11 is 0. The predicted molar refractivity (Wildman–Crippen MR) is 83.8 cm³/mol. The Balaban J connectivity index is 2.66. The zero-order valence-electron chi connectivity index (χ0n) is 13.9. The summed E-state index contributed by atoms with van der Waals surface area (Å²) in [6.45, 7) is 1.71. The van der Waals surface area contributed by atoms with E-state index in [1.807, 2.05) is 0 Å². The summed E-state index contributed by atoms with van der Waals surface area (Å²) in [5.41, 5.74) is -1.85. The molecular weight excluding hydrogens is 341 g/mol. The third kappa shape index (κ3) is 5.77. The minimum Gasteiger partial charge on any atom is -0.545 e. The van der Waals surface area contributed by atoms with Crippen molar-refractivity contribution in [1.82, 2.24) is 0 Å². The summed E-state index contributed by atoms with van der Waals surface area (Å²) in [7, 11) is 1.29. The molecule has 0 aliphatic rings. The van der Waals surface area contributed by atoms with Crippen molar-refractivity contribution in [3.05, 3.63) is 23.8 Å². The maximum atomic E-state index is 12.7. The Hall–Kier alpha value is -2.58. The Morgan fingerprint density at radius 3 is 2.48 bits per heavy atom. The highest BCUT2D eigenvalue weighted by Crippen LogP contribution is 2.39. The number of nitrogens with one attached hydrogen (secondary N) is 1. The van der Waals surface area contributed by atoms with Crippen molar-refractivity contribution < 1.29 is 32.6 Å². The fourth-order valence-electron chi connectivity index (χ4n) is 1.67. The lowest BCUT2D eigenvalue weighted by molar-refractivity contribution is -0.255. The number of hydrogen-bond donors (Lipinski definition) is 1. The van der Waals surface area contributed by atoms with Crippen LogP contribution in [0.25, 0.3) is 0 Å². The van der Waals surface area contributed by atoms with Crippen LogP contribution in [0.15, 0.2) is 23.2 Å². The molecule has 25 heavy (non-hydrogen) atoms. The molecule has 9 heteroatoms. The molecule has 0 aromatic heterocycles. The molecule has 0 unspecified atom stereocenters. The van der Waals surface area contributed by atoms with Gasteiger partial charge in [-0.15, -0.1) is 0 Å². The number of methoxy groups -OCH3 is 1. The highest BCUT2D eigenvalue weighted by Gasteiger charge is 2.46. The lowest BCUT2D eigenvalue weighted by atomic mass is 9.89. The van der Waals surface area contributed by atoms with Crippen molar-refractivity contribution in [2.45, 2.75) is 26.4 Å². The highest BCUT2D eigenvalue weighted by molar-refractivity contribution is 5.95. The number of ether oxygens (including phenoxy) is 1. The molecule has 0 aliphatic heterocycles. The molecule has 1 rings (SSSR count). The quantitative estimate of drug-likeness (QED) is 0.755. The van der Waals surface area contributed by atoms with Crippen LogP contribution < -0.4 is 15.2 Å². The van der Waals surface area contributed by atoms with E-state index in [0.29, 0.717) is 0 Å². The molecule has 0 bridgehead atoms. The summed E-state index contributed by atoms with van der Waals surface area (Å²) in [5, 5.41) is 13.2. The number of halogens is 3. The average Bonchev–Trinajstić information content (AvgIpc) is 2.50. The minimum atomic E-state index is -4.37. The lowest BCUT2D eigenvalue weighted by Gasteiger charge is -2.25. The van der Waals surface area contributed by atoms with Gasteiger partial charge in [0.15, 0.2) is 0 Å². The van der Waals surface area contributed by atoms with Gasteiger partial charge in [0.25, 0.3) is 0 Å². The zero-order chi connectivity index (χ0) is 19.3. The number of aliphatic imine (C=N–C) groups is 1. The fraction of sp³-hybridized carbons (Fsp3) is 0.438. The molecule has 0 saturated heterocycles. The second-order valence-electron chi connectivity index (χ2n) is 5.86. The first-order valence-electron chi connectivity index (χ1n) is 7.22. The van der Waals surface area contributed by atoms with Gasteiger partial charge in [-0.3, -0.25) is 9.79 Å². The third-order valence-electron chi connectivity index (χ3n) is 3.44. The normalized spacial score (nSPS) is 12.2. The highest BCUT2D eigenvalue weighted by atomic mass is 19.4. The van der Waals surface area contributed by atoms with E-state index in [0.717, 1.165) is 20.1 Å². The number of benzene rings is 1. The van der Waals surface area contributed by atoms with Crippen molar-refractivity contribution in [1.29, 1.82) is 0 Å². The van der Waals surface area contributed by atoms with Gasteiger partial charge in [-0.2, -0.15) is 13.2 Å². The van der Waals surface area contributed by atoms with Crippen LogP contribution in [-0.4, -0.2) is 37.9 Å². The summed E-state index contributed by atoms with van der Waals surface area (Å²) in [6, 6.07) is 3.72. The number of alkyl halides is 3. The Bertz CT molecular complexity index is 670. The molecule has 0 atom stereocenters. The van der Waals surface area contributed by atoms with Gasteiger partial charge in [-0.05, 0) is 18.6 Å². The summed E-state index contributed by atoms with van der Waals surface area (Å²) < 4.78 is 43.0. The first-order valence-corrected chi connectivity index (χ1v) is 7.22. The van der Waals surface area contributed by atoms with Crippen LogP contribution in [0.1, 0.15) is 30.6 Å². The second-order valence-corrected chi connectivity index (χ2v) is 5.86. The van der Waals surface area contributed by atoms with Gasteiger partial charge in [0.2, 0.25) is 5.91 Å². The molecule has 0 heterocycles. The van der Waals surface area contributed by atoms with Gasteiger partial charge in [-0.25, -0.2) is 0 Å². The van der Waals surface area contributed by atoms with Gasteiger partial charge in [0.05, 0.1) is 24.2 Å². The number of carbonyl (C=O) groups excluding carboxylic acids is 2. The maximum absolute atomic E-state index is 12.7. The first kappa shape index (κ1) is 20.5. The van der Waals surface area contributed by atoms with Crippen LogP contribution in [0, 0.1) is 5.41 Å². The minimum absolute atomic E-state index is 0.109. The number of nitrogens with zero attached hydrogens (tertiary/aromatic N) is 1. The SMILES string of the molecule is COc1cc(C(=O)[O-])ccc1NC(=O)CN=CCC(C)(C)C(F)(F)F.